The molecule has 8 heteroatoms. The van der Waals surface area contributed by atoms with Gasteiger partial charge in [0.1, 0.15) is 11.6 Å². The summed E-state index contributed by atoms with van der Waals surface area (Å²) < 4.78 is 2.01. The van der Waals surface area contributed by atoms with Crippen LogP contribution in [0.25, 0.3) is 0 Å². The first-order chi connectivity index (χ1) is 12.1. The van der Waals surface area contributed by atoms with E-state index in [9.17, 15) is 0 Å². The predicted octanol–water partition coefficient (Wildman–Crippen LogP) is 2.87. The fraction of sp³-hybridized carbons (Fsp3) is 0.500. The monoisotopic (exact) mass is 486 g/mol. The van der Waals surface area contributed by atoms with Crippen LogP contribution in [0.15, 0.2) is 40.2 Å². The molecule has 3 rings (SSSR count). The van der Waals surface area contributed by atoms with Crippen LogP contribution in [0.4, 0.5) is 0 Å². The smallest absolute Gasteiger partial charge is 0.191 e. The van der Waals surface area contributed by atoms with Crippen molar-refractivity contribution in [3.05, 3.63) is 42.0 Å². The zero-order valence-electron chi connectivity index (χ0n) is 15.5. The Bertz CT molecular complexity index is 718. The molecule has 26 heavy (non-hydrogen) atoms. The molecule has 0 saturated carbocycles. The van der Waals surface area contributed by atoms with E-state index in [0.29, 0.717) is 11.3 Å². The van der Waals surface area contributed by atoms with Gasteiger partial charge in [-0.1, -0.05) is 25.1 Å². The SMILES string of the molecule is CN=C(NCC(C)Sc1ccccc1)NC1CCc2nc(C)nn2C1.I. The first-order valence-corrected chi connectivity index (χ1v) is 9.61. The Kier molecular flexibility index (Phi) is 8.20. The molecule has 0 fully saturated rings. The maximum absolute atomic E-state index is 4.46. The van der Waals surface area contributed by atoms with Crippen LogP contribution in [0.3, 0.4) is 0 Å². The highest BCUT2D eigenvalue weighted by Crippen LogP contribution is 2.21. The summed E-state index contributed by atoms with van der Waals surface area (Å²) in [5.74, 6) is 2.79. The van der Waals surface area contributed by atoms with Crippen LogP contribution in [0.2, 0.25) is 0 Å². The molecule has 2 heterocycles. The van der Waals surface area contributed by atoms with Crippen molar-refractivity contribution in [3.8, 4) is 0 Å². The number of benzene rings is 1. The van der Waals surface area contributed by atoms with Crippen molar-refractivity contribution >= 4 is 41.7 Å². The van der Waals surface area contributed by atoms with E-state index in [2.05, 4.69) is 56.9 Å². The maximum atomic E-state index is 4.46. The Morgan fingerprint density at radius 1 is 1.38 bits per heavy atom. The lowest BCUT2D eigenvalue weighted by Gasteiger charge is -2.26. The second-order valence-corrected chi connectivity index (χ2v) is 7.84. The Balaban J connectivity index is 0.00000243. The summed E-state index contributed by atoms with van der Waals surface area (Å²) in [5.41, 5.74) is 0. The van der Waals surface area contributed by atoms with Gasteiger partial charge in [0.25, 0.3) is 0 Å². The molecule has 2 unspecified atom stereocenters. The molecule has 0 spiro atoms. The second kappa shape index (κ2) is 10.1. The second-order valence-electron chi connectivity index (χ2n) is 6.33. The topological polar surface area (TPSA) is 67.1 Å². The highest BCUT2D eigenvalue weighted by Gasteiger charge is 2.21. The average Bonchev–Trinajstić information content (AvgIpc) is 2.98. The third-order valence-corrected chi connectivity index (χ3v) is 5.28. The number of hydrogen-bond donors (Lipinski definition) is 2. The summed E-state index contributed by atoms with van der Waals surface area (Å²) in [6.07, 6.45) is 2.00. The van der Waals surface area contributed by atoms with Gasteiger partial charge in [0.2, 0.25) is 0 Å². The fourth-order valence-corrected chi connectivity index (χ4v) is 3.90. The number of nitrogens with one attached hydrogen (secondary N) is 2. The third-order valence-electron chi connectivity index (χ3n) is 4.17. The number of aryl methyl sites for hydroxylation is 2. The van der Waals surface area contributed by atoms with E-state index < -0.39 is 0 Å². The predicted molar refractivity (Wildman–Crippen MR) is 119 cm³/mol. The molecule has 1 aliphatic heterocycles. The molecule has 0 bridgehead atoms. The number of aliphatic imine (C=N–C) groups is 1. The van der Waals surface area contributed by atoms with Gasteiger partial charge in [-0.2, -0.15) is 5.10 Å². The number of hydrogen-bond acceptors (Lipinski definition) is 4. The quantitative estimate of drug-likeness (QED) is 0.295. The van der Waals surface area contributed by atoms with Crippen molar-refractivity contribution in [1.29, 1.82) is 0 Å². The van der Waals surface area contributed by atoms with Crippen molar-refractivity contribution < 1.29 is 0 Å². The standard InChI is InChI=1S/C18H26N6S.HI/c1-13(25-16-7-5-4-6-8-16)11-20-18(19-3)22-15-9-10-17-21-14(2)23-24(17)12-15;/h4-8,13,15H,9-12H2,1-3H3,(H2,19,20,22);1H. The summed E-state index contributed by atoms with van der Waals surface area (Å²) in [5, 5.41) is 11.9. The zero-order chi connectivity index (χ0) is 17.6. The van der Waals surface area contributed by atoms with Crippen molar-refractivity contribution in [1.82, 2.24) is 25.4 Å². The molecule has 142 valence electrons. The minimum atomic E-state index is 0. The maximum Gasteiger partial charge on any atom is 0.191 e. The van der Waals surface area contributed by atoms with Gasteiger partial charge in [0, 0.05) is 36.2 Å². The lowest BCUT2D eigenvalue weighted by Crippen LogP contribution is -2.48. The van der Waals surface area contributed by atoms with E-state index in [4.69, 9.17) is 0 Å². The Labute approximate surface area is 176 Å². The highest BCUT2D eigenvalue weighted by molar-refractivity contribution is 14.0. The summed E-state index contributed by atoms with van der Waals surface area (Å²) in [7, 11) is 1.82. The highest BCUT2D eigenvalue weighted by atomic mass is 127. The van der Waals surface area contributed by atoms with E-state index in [1.807, 2.05) is 36.5 Å². The van der Waals surface area contributed by atoms with E-state index in [1.54, 1.807) is 0 Å². The molecule has 1 aromatic carbocycles. The van der Waals surface area contributed by atoms with Crippen molar-refractivity contribution in [2.45, 2.75) is 49.4 Å². The summed E-state index contributed by atoms with van der Waals surface area (Å²) in [4.78, 5) is 10.1. The van der Waals surface area contributed by atoms with E-state index in [-0.39, 0.29) is 24.0 Å². The fourth-order valence-electron chi connectivity index (χ4n) is 2.95. The number of fused-ring (bicyclic) bond motifs is 1. The summed E-state index contributed by atoms with van der Waals surface area (Å²) in [6, 6.07) is 10.8. The van der Waals surface area contributed by atoms with Crippen LogP contribution in [-0.2, 0) is 13.0 Å². The van der Waals surface area contributed by atoms with Crippen LogP contribution >= 0.6 is 35.7 Å². The Morgan fingerprint density at radius 3 is 2.88 bits per heavy atom. The van der Waals surface area contributed by atoms with Gasteiger partial charge in [-0.05, 0) is 25.5 Å². The molecule has 1 aromatic heterocycles. The largest absolute Gasteiger partial charge is 0.355 e. The molecule has 0 radical (unpaired) electrons. The molecule has 2 aromatic rings. The number of rotatable bonds is 5. The normalized spacial score (nSPS) is 17.8. The van der Waals surface area contributed by atoms with Crippen LogP contribution in [0.5, 0.6) is 0 Å². The first kappa shape index (κ1) is 21.0. The van der Waals surface area contributed by atoms with E-state index in [1.165, 1.54) is 4.90 Å². The van der Waals surface area contributed by atoms with Gasteiger partial charge >= 0.3 is 0 Å². The van der Waals surface area contributed by atoms with Gasteiger partial charge in [0.05, 0.1) is 6.54 Å². The third kappa shape index (κ3) is 5.87. The van der Waals surface area contributed by atoms with E-state index in [0.717, 1.165) is 43.5 Å². The molecule has 2 N–H and O–H groups in total. The number of aromatic nitrogens is 3. The van der Waals surface area contributed by atoms with Gasteiger partial charge < -0.3 is 10.6 Å². The minimum Gasteiger partial charge on any atom is -0.355 e. The molecule has 2 atom stereocenters. The molecule has 1 aliphatic rings. The summed E-state index contributed by atoms with van der Waals surface area (Å²) >= 11 is 1.87. The molecule has 6 nitrogen and oxygen atoms in total. The molecular formula is C18H27IN6S. The number of nitrogens with zero attached hydrogens (tertiary/aromatic N) is 4. The Hall–Kier alpha value is -1.29. The first-order valence-electron chi connectivity index (χ1n) is 8.73. The van der Waals surface area contributed by atoms with Gasteiger partial charge in [0.15, 0.2) is 5.96 Å². The van der Waals surface area contributed by atoms with Gasteiger partial charge in [-0.25, -0.2) is 9.67 Å². The van der Waals surface area contributed by atoms with Crippen molar-refractivity contribution in [3.63, 3.8) is 0 Å². The van der Waals surface area contributed by atoms with Crippen LogP contribution < -0.4 is 10.6 Å². The van der Waals surface area contributed by atoms with Crippen LogP contribution in [0.1, 0.15) is 25.0 Å². The van der Waals surface area contributed by atoms with Crippen LogP contribution in [0, 0.1) is 6.92 Å². The molecule has 0 aliphatic carbocycles. The number of guanidine groups is 1. The van der Waals surface area contributed by atoms with Gasteiger partial charge in [-0.3, -0.25) is 4.99 Å². The molecule has 0 amide bonds. The molecular weight excluding hydrogens is 459 g/mol. The lowest BCUT2D eigenvalue weighted by molar-refractivity contribution is 0.392. The lowest BCUT2D eigenvalue weighted by atomic mass is 10.1. The minimum absolute atomic E-state index is 0. The number of thioether (sulfide) groups is 1. The van der Waals surface area contributed by atoms with Gasteiger partial charge in [-0.15, -0.1) is 35.7 Å². The van der Waals surface area contributed by atoms with Crippen molar-refractivity contribution in [2.24, 2.45) is 4.99 Å². The van der Waals surface area contributed by atoms with Crippen molar-refractivity contribution in [2.75, 3.05) is 13.6 Å². The number of halogens is 1. The molecule has 0 saturated heterocycles. The Morgan fingerprint density at radius 2 is 2.15 bits per heavy atom. The zero-order valence-corrected chi connectivity index (χ0v) is 18.6. The summed E-state index contributed by atoms with van der Waals surface area (Å²) in [6.45, 7) is 5.87. The van der Waals surface area contributed by atoms with E-state index >= 15 is 0 Å². The average molecular weight is 486 g/mol. The van der Waals surface area contributed by atoms with Crippen LogP contribution in [-0.4, -0.2) is 45.6 Å².